The number of carbonyl (C=O) groups excluding carboxylic acids is 1. The second-order valence-corrected chi connectivity index (χ2v) is 5.77. The molecule has 116 valence electrons. The van der Waals surface area contributed by atoms with Crippen LogP contribution in [-0.4, -0.2) is 51.8 Å². The highest BCUT2D eigenvalue weighted by atomic mass is 16.5. The molecule has 2 N–H and O–H groups in total. The average molecular weight is 294 g/mol. The maximum atomic E-state index is 12.5. The highest BCUT2D eigenvalue weighted by Gasteiger charge is 2.32. The first kappa shape index (κ1) is 14.5. The Morgan fingerprint density at radius 1 is 1.43 bits per heavy atom. The summed E-state index contributed by atoms with van der Waals surface area (Å²) < 4.78 is 5.23. The van der Waals surface area contributed by atoms with Crippen molar-refractivity contribution < 1.29 is 14.4 Å². The second-order valence-electron chi connectivity index (χ2n) is 5.77. The minimum atomic E-state index is -0.150. The van der Waals surface area contributed by atoms with Crippen LogP contribution in [-0.2, 0) is 0 Å². The highest BCUT2D eigenvalue weighted by molar-refractivity contribution is 5.90. The van der Waals surface area contributed by atoms with Crippen LogP contribution in [0.2, 0.25) is 0 Å². The molecule has 2 aliphatic heterocycles. The van der Waals surface area contributed by atoms with E-state index >= 15 is 0 Å². The van der Waals surface area contributed by atoms with E-state index in [1.807, 2.05) is 4.90 Å². The van der Waals surface area contributed by atoms with Gasteiger partial charge in [0.15, 0.2) is 0 Å². The number of aliphatic hydroxyl groups excluding tert-OH is 1. The van der Waals surface area contributed by atoms with Crippen LogP contribution in [0.4, 0.5) is 0 Å². The fourth-order valence-corrected chi connectivity index (χ4v) is 3.22. The molecular formula is C14H22N4O3. The first-order valence-corrected chi connectivity index (χ1v) is 7.78. The van der Waals surface area contributed by atoms with Gasteiger partial charge in [0, 0.05) is 19.2 Å². The zero-order chi connectivity index (χ0) is 14.7. The van der Waals surface area contributed by atoms with Crippen molar-refractivity contribution in [3.63, 3.8) is 0 Å². The number of aromatic nitrogens is 2. The average Bonchev–Trinajstić information content (AvgIpc) is 3.24. The van der Waals surface area contributed by atoms with Gasteiger partial charge in [-0.1, -0.05) is 5.16 Å². The third-order valence-corrected chi connectivity index (χ3v) is 4.32. The van der Waals surface area contributed by atoms with E-state index in [1.54, 1.807) is 0 Å². The van der Waals surface area contributed by atoms with Crippen molar-refractivity contribution in [2.24, 2.45) is 0 Å². The molecule has 2 aliphatic rings. The van der Waals surface area contributed by atoms with E-state index in [9.17, 15) is 4.79 Å². The van der Waals surface area contributed by atoms with Crippen molar-refractivity contribution in [1.29, 1.82) is 0 Å². The SMILES string of the molecule is O=C(c1noc(C2CCCN2)n1)N1CCCC1CCCO. The number of carbonyl (C=O) groups is 1. The first-order valence-electron chi connectivity index (χ1n) is 7.78. The molecule has 0 saturated carbocycles. The summed E-state index contributed by atoms with van der Waals surface area (Å²) in [7, 11) is 0. The summed E-state index contributed by atoms with van der Waals surface area (Å²) in [4.78, 5) is 18.6. The number of rotatable bonds is 5. The van der Waals surface area contributed by atoms with Crippen molar-refractivity contribution in [2.45, 2.75) is 50.6 Å². The van der Waals surface area contributed by atoms with Crippen LogP contribution >= 0.6 is 0 Å². The molecule has 0 spiro atoms. The zero-order valence-corrected chi connectivity index (χ0v) is 12.1. The van der Waals surface area contributed by atoms with E-state index in [2.05, 4.69) is 15.5 Å². The van der Waals surface area contributed by atoms with Crippen molar-refractivity contribution in [3.8, 4) is 0 Å². The monoisotopic (exact) mass is 294 g/mol. The normalized spacial score (nSPS) is 25.7. The van der Waals surface area contributed by atoms with E-state index in [-0.39, 0.29) is 30.4 Å². The van der Waals surface area contributed by atoms with Crippen LogP contribution in [0.3, 0.4) is 0 Å². The molecule has 2 unspecified atom stereocenters. The molecule has 2 saturated heterocycles. The van der Waals surface area contributed by atoms with Gasteiger partial charge in [-0.25, -0.2) is 0 Å². The Kier molecular flexibility index (Phi) is 4.50. The zero-order valence-electron chi connectivity index (χ0n) is 12.1. The number of nitrogens with zero attached hydrogens (tertiary/aromatic N) is 3. The van der Waals surface area contributed by atoms with Gasteiger partial charge in [-0.3, -0.25) is 4.79 Å². The van der Waals surface area contributed by atoms with E-state index < -0.39 is 0 Å². The third-order valence-electron chi connectivity index (χ3n) is 4.32. The van der Waals surface area contributed by atoms with Crippen LogP contribution in [0.25, 0.3) is 0 Å². The molecule has 1 amide bonds. The fourth-order valence-electron chi connectivity index (χ4n) is 3.22. The van der Waals surface area contributed by atoms with E-state index in [4.69, 9.17) is 9.63 Å². The lowest BCUT2D eigenvalue weighted by Crippen LogP contribution is -2.36. The molecule has 2 fully saturated rings. The molecule has 7 nitrogen and oxygen atoms in total. The van der Waals surface area contributed by atoms with Gasteiger partial charge in [-0.15, -0.1) is 0 Å². The van der Waals surface area contributed by atoms with Crippen LogP contribution in [0, 0.1) is 0 Å². The van der Waals surface area contributed by atoms with Crippen molar-refractivity contribution in [3.05, 3.63) is 11.7 Å². The number of aliphatic hydroxyl groups is 1. The summed E-state index contributed by atoms with van der Waals surface area (Å²) >= 11 is 0. The lowest BCUT2D eigenvalue weighted by Gasteiger charge is -2.22. The van der Waals surface area contributed by atoms with E-state index in [0.717, 1.165) is 51.6 Å². The number of amides is 1. The Bertz CT molecular complexity index is 484. The van der Waals surface area contributed by atoms with Gasteiger partial charge < -0.3 is 19.8 Å². The smallest absolute Gasteiger partial charge is 0.295 e. The Balaban J connectivity index is 1.66. The standard InChI is InChI=1S/C14H22N4O3/c19-9-3-5-10-4-2-8-18(10)14(20)12-16-13(21-17-12)11-6-1-7-15-11/h10-11,15,19H,1-9H2. The molecule has 0 aromatic carbocycles. The predicted molar refractivity (Wildman–Crippen MR) is 74.7 cm³/mol. The van der Waals surface area contributed by atoms with Crippen LogP contribution in [0.5, 0.6) is 0 Å². The fraction of sp³-hybridized carbons (Fsp3) is 0.786. The van der Waals surface area contributed by atoms with Crippen LogP contribution < -0.4 is 5.32 Å². The van der Waals surface area contributed by atoms with Gasteiger partial charge in [-0.05, 0) is 45.1 Å². The van der Waals surface area contributed by atoms with Crippen molar-refractivity contribution >= 4 is 5.91 Å². The molecule has 7 heteroatoms. The van der Waals surface area contributed by atoms with Crippen molar-refractivity contribution in [1.82, 2.24) is 20.4 Å². The lowest BCUT2D eigenvalue weighted by molar-refractivity contribution is 0.0708. The van der Waals surface area contributed by atoms with Gasteiger partial charge in [0.05, 0.1) is 6.04 Å². The molecule has 0 bridgehead atoms. The Labute approximate surface area is 123 Å². The number of hydrogen-bond acceptors (Lipinski definition) is 6. The molecule has 1 aromatic rings. The van der Waals surface area contributed by atoms with Crippen LogP contribution in [0.1, 0.15) is 61.1 Å². The minimum Gasteiger partial charge on any atom is -0.396 e. The largest absolute Gasteiger partial charge is 0.396 e. The summed E-state index contributed by atoms with van der Waals surface area (Å²) in [5.74, 6) is 0.528. The summed E-state index contributed by atoms with van der Waals surface area (Å²) in [5, 5.41) is 16.1. The van der Waals surface area contributed by atoms with E-state index in [1.165, 1.54) is 0 Å². The van der Waals surface area contributed by atoms with Gasteiger partial charge in [0.2, 0.25) is 5.89 Å². The molecule has 2 atom stereocenters. The summed E-state index contributed by atoms with van der Waals surface area (Å²) in [6.45, 7) is 1.85. The molecule has 0 radical (unpaired) electrons. The first-order chi connectivity index (χ1) is 10.3. The second kappa shape index (κ2) is 6.53. The Morgan fingerprint density at radius 2 is 2.33 bits per heavy atom. The van der Waals surface area contributed by atoms with Crippen LogP contribution in [0.15, 0.2) is 4.52 Å². The quantitative estimate of drug-likeness (QED) is 0.837. The maximum absolute atomic E-state index is 12.5. The molecule has 3 heterocycles. The summed E-state index contributed by atoms with van der Waals surface area (Å²) in [6, 6.07) is 0.277. The molecule has 3 rings (SSSR count). The Hall–Kier alpha value is -1.47. The highest BCUT2D eigenvalue weighted by Crippen LogP contribution is 2.24. The summed E-state index contributed by atoms with van der Waals surface area (Å²) in [6.07, 6.45) is 5.59. The topological polar surface area (TPSA) is 91.5 Å². The van der Waals surface area contributed by atoms with Gasteiger partial charge >= 0.3 is 0 Å². The van der Waals surface area contributed by atoms with Gasteiger partial charge in [-0.2, -0.15) is 4.98 Å². The number of hydrogen-bond donors (Lipinski definition) is 2. The van der Waals surface area contributed by atoms with E-state index in [0.29, 0.717) is 5.89 Å². The predicted octanol–water partition coefficient (Wildman–Crippen LogP) is 0.871. The molecule has 21 heavy (non-hydrogen) atoms. The summed E-state index contributed by atoms with van der Waals surface area (Å²) in [5.41, 5.74) is 0. The lowest BCUT2D eigenvalue weighted by atomic mass is 10.1. The maximum Gasteiger partial charge on any atom is 0.295 e. The molecular weight excluding hydrogens is 272 g/mol. The molecule has 0 aliphatic carbocycles. The number of nitrogens with one attached hydrogen (secondary N) is 1. The number of likely N-dealkylation sites (tertiary alicyclic amines) is 1. The third kappa shape index (κ3) is 3.08. The Morgan fingerprint density at radius 3 is 3.10 bits per heavy atom. The van der Waals surface area contributed by atoms with Gasteiger partial charge in [0.1, 0.15) is 0 Å². The van der Waals surface area contributed by atoms with Crippen molar-refractivity contribution in [2.75, 3.05) is 19.7 Å². The van der Waals surface area contributed by atoms with Gasteiger partial charge in [0.25, 0.3) is 11.7 Å². The molecule has 1 aromatic heterocycles. The minimum absolute atomic E-state index is 0.0859.